The van der Waals surface area contributed by atoms with Crippen molar-refractivity contribution in [2.45, 2.75) is 58.4 Å². The molecule has 22 heavy (non-hydrogen) atoms. The van der Waals surface area contributed by atoms with Crippen LogP contribution in [0.2, 0.25) is 0 Å². The van der Waals surface area contributed by atoms with Crippen LogP contribution in [0.1, 0.15) is 58.1 Å². The van der Waals surface area contributed by atoms with Crippen LogP contribution in [0.25, 0.3) is 0 Å². The normalized spacial score (nSPS) is 22.5. The zero-order valence-corrected chi connectivity index (χ0v) is 14.5. The standard InChI is InChI=1S/C18H31N3O/c1-18(2,3)16-12-19-17(22-16)14-21-10-6-15(7-11-21)13-20-8-4-5-9-20/h12,15H,4-11,13-14H2,1-3H3. The zero-order chi connectivity index (χ0) is 15.6. The summed E-state index contributed by atoms with van der Waals surface area (Å²) < 4.78 is 5.92. The fourth-order valence-electron chi connectivity index (χ4n) is 3.58. The lowest BCUT2D eigenvalue weighted by atomic mass is 9.94. The first-order valence-corrected chi connectivity index (χ1v) is 8.90. The van der Waals surface area contributed by atoms with Gasteiger partial charge in [-0.3, -0.25) is 4.90 Å². The van der Waals surface area contributed by atoms with E-state index in [1.54, 1.807) is 0 Å². The van der Waals surface area contributed by atoms with Gasteiger partial charge >= 0.3 is 0 Å². The number of aromatic nitrogens is 1. The fraction of sp³-hybridized carbons (Fsp3) is 0.833. The van der Waals surface area contributed by atoms with Gasteiger partial charge in [-0.2, -0.15) is 0 Å². The molecule has 0 aliphatic carbocycles. The van der Waals surface area contributed by atoms with Crippen LogP contribution in [0.3, 0.4) is 0 Å². The highest BCUT2D eigenvalue weighted by molar-refractivity contribution is 5.06. The molecule has 3 rings (SSSR count). The first kappa shape index (κ1) is 16.0. The van der Waals surface area contributed by atoms with Crippen LogP contribution in [0.15, 0.2) is 10.6 Å². The van der Waals surface area contributed by atoms with Gasteiger partial charge in [-0.15, -0.1) is 0 Å². The molecule has 2 aliphatic heterocycles. The summed E-state index contributed by atoms with van der Waals surface area (Å²) in [6, 6.07) is 0. The van der Waals surface area contributed by atoms with E-state index in [1.807, 2.05) is 6.20 Å². The van der Waals surface area contributed by atoms with E-state index in [2.05, 4.69) is 35.6 Å². The van der Waals surface area contributed by atoms with Crippen molar-refractivity contribution in [1.82, 2.24) is 14.8 Å². The Labute approximate surface area is 134 Å². The molecule has 0 aromatic carbocycles. The lowest BCUT2D eigenvalue weighted by molar-refractivity contribution is 0.138. The minimum Gasteiger partial charge on any atom is -0.444 e. The van der Waals surface area contributed by atoms with Crippen LogP contribution in [0, 0.1) is 5.92 Å². The predicted molar refractivity (Wildman–Crippen MR) is 88.9 cm³/mol. The minimum absolute atomic E-state index is 0.0496. The van der Waals surface area contributed by atoms with E-state index >= 15 is 0 Å². The second kappa shape index (κ2) is 6.71. The Morgan fingerprint density at radius 3 is 2.36 bits per heavy atom. The number of hydrogen-bond acceptors (Lipinski definition) is 4. The van der Waals surface area contributed by atoms with Crippen LogP contribution < -0.4 is 0 Å². The van der Waals surface area contributed by atoms with Gasteiger partial charge in [0, 0.05) is 12.0 Å². The Morgan fingerprint density at radius 1 is 1.09 bits per heavy atom. The molecular weight excluding hydrogens is 274 g/mol. The van der Waals surface area contributed by atoms with Gasteiger partial charge in [0.15, 0.2) is 0 Å². The minimum atomic E-state index is 0.0496. The molecule has 0 amide bonds. The van der Waals surface area contributed by atoms with E-state index in [9.17, 15) is 0 Å². The van der Waals surface area contributed by atoms with Gasteiger partial charge in [-0.1, -0.05) is 20.8 Å². The molecule has 124 valence electrons. The molecule has 0 atom stereocenters. The van der Waals surface area contributed by atoms with Crippen LogP contribution in [-0.2, 0) is 12.0 Å². The molecule has 0 spiro atoms. The average Bonchev–Trinajstić information content (AvgIpc) is 3.12. The summed E-state index contributed by atoms with van der Waals surface area (Å²) in [5.74, 6) is 2.76. The number of likely N-dealkylation sites (tertiary alicyclic amines) is 2. The molecule has 4 nitrogen and oxygen atoms in total. The van der Waals surface area contributed by atoms with Gasteiger partial charge in [0.05, 0.1) is 12.7 Å². The Hall–Kier alpha value is -0.870. The topological polar surface area (TPSA) is 32.5 Å². The lowest BCUT2D eigenvalue weighted by Gasteiger charge is -2.33. The largest absolute Gasteiger partial charge is 0.444 e. The molecule has 0 radical (unpaired) electrons. The van der Waals surface area contributed by atoms with E-state index in [1.165, 1.54) is 58.4 Å². The molecule has 0 saturated carbocycles. The molecule has 2 fully saturated rings. The van der Waals surface area contributed by atoms with E-state index in [-0.39, 0.29) is 5.41 Å². The highest BCUT2D eigenvalue weighted by Gasteiger charge is 2.24. The third-order valence-corrected chi connectivity index (χ3v) is 5.07. The molecule has 2 aliphatic rings. The summed E-state index contributed by atoms with van der Waals surface area (Å²) in [6.07, 6.45) is 7.35. The first-order chi connectivity index (χ1) is 10.5. The van der Waals surface area contributed by atoms with Crippen molar-refractivity contribution in [3.8, 4) is 0 Å². The van der Waals surface area contributed by atoms with Crippen LogP contribution in [0.4, 0.5) is 0 Å². The number of hydrogen-bond donors (Lipinski definition) is 0. The maximum Gasteiger partial charge on any atom is 0.208 e. The summed E-state index contributed by atoms with van der Waals surface area (Å²) in [6.45, 7) is 13.7. The fourth-order valence-corrected chi connectivity index (χ4v) is 3.58. The highest BCUT2D eigenvalue weighted by Crippen LogP contribution is 2.25. The summed E-state index contributed by atoms with van der Waals surface area (Å²) in [7, 11) is 0. The summed E-state index contributed by atoms with van der Waals surface area (Å²) in [5, 5.41) is 0. The molecule has 0 unspecified atom stereocenters. The lowest BCUT2D eigenvalue weighted by Crippen LogP contribution is -2.37. The van der Waals surface area contributed by atoms with Crippen molar-refractivity contribution in [3.63, 3.8) is 0 Å². The summed E-state index contributed by atoms with van der Waals surface area (Å²) in [5.41, 5.74) is 0.0496. The van der Waals surface area contributed by atoms with Crippen molar-refractivity contribution >= 4 is 0 Å². The maximum absolute atomic E-state index is 5.92. The van der Waals surface area contributed by atoms with Crippen LogP contribution in [0.5, 0.6) is 0 Å². The Morgan fingerprint density at radius 2 is 1.77 bits per heavy atom. The molecule has 1 aromatic rings. The first-order valence-electron chi connectivity index (χ1n) is 8.90. The monoisotopic (exact) mass is 305 g/mol. The third kappa shape index (κ3) is 4.11. The number of piperidine rings is 1. The summed E-state index contributed by atoms with van der Waals surface area (Å²) in [4.78, 5) is 9.62. The number of rotatable bonds is 4. The van der Waals surface area contributed by atoms with Gasteiger partial charge in [0.1, 0.15) is 5.76 Å². The summed E-state index contributed by atoms with van der Waals surface area (Å²) >= 11 is 0. The molecule has 0 N–H and O–H groups in total. The van der Waals surface area contributed by atoms with Crippen molar-refractivity contribution < 1.29 is 4.42 Å². The second-order valence-corrected chi connectivity index (χ2v) is 8.10. The SMILES string of the molecule is CC(C)(C)c1cnc(CN2CCC(CN3CCCC3)CC2)o1. The molecule has 3 heterocycles. The van der Waals surface area contributed by atoms with E-state index in [0.29, 0.717) is 0 Å². The van der Waals surface area contributed by atoms with Crippen molar-refractivity contribution in [3.05, 3.63) is 17.8 Å². The molecule has 1 aromatic heterocycles. The van der Waals surface area contributed by atoms with Gasteiger partial charge in [0.25, 0.3) is 0 Å². The molecular formula is C18H31N3O. The van der Waals surface area contributed by atoms with Gasteiger partial charge in [0.2, 0.25) is 5.89 Å². The Kier molecular flexibility index (Phi) is 4.88. The van der Waals surface area contributed by atoms with Gasteiger partial charge in [-0.05, 0) is 57.8 Å². The van der Waals surface area contributed by atoms with Crippen molar-refractivity contribution in [2.24, 2.45) is 5.92 Å². The van der Waals surface area contributed by atoms with E-state index in [4.69, 9.17) is 4.42 Å². The van der Waals surface area contributed by atoms with E-state index < -0.39 is 0 Å². The number of oxazole rings is 1. The van der Waals surface area contributed by atoms with E-state index in [0.717, 1.165) is 24.1 Å². The highest BCUT2D eigenvalue weighted by atomic mass is 16.4. The average molecular weight is 305 g/mol. The smallest absolute Gasteiger partial charge is 0.208 e. The quantitative estimate of drug-likeness (QED) is 0.854. The second-order valence-electron chi connectivity index (χ2n) is 8.10. The predicted octanol–water partition coefficient (Wildman–Crippen LogP) is 3.28. The van der Waals surface area contributed by atoms with Crippen molar-refractivity contribution in [1.29, 1.82) is 0 Å². The van der Waals surface area contributed by atoms with Gasteiger partial charge < -0.3 is 9.32 Å². The Bertz CT molecular complexity index is 463. The molecule has 0 bridgehead atoms. The molecule has 4 heteroatoms. The van der Waals surface area contributed by atoms with Gasteiger partial charge in [-0.25, -0.2) is 4.98 Å². The maximum atomic E-state index is 5.92. The third-order valence-electron chi connectivity index (χ3n) is 5.07. The van der Waals surface area contributed by atoms with Crippen LogP contribution >= 0.6 is 0 Å². The zero-order valence-electron chi connectivity index (χ0n) is 14.5. The van der Waals surface area contributed by atoms with Crippen molar-refractivity contribution in [2.75, 3.05) is 32.7 Å². The van der Waals surface area contributed by atoms with Crippen LogP contribution in [-0.4, -0.2) is 47.5 Å². The number of nitrogens with zero attached hydrogens (tertiary/aromatic N) is 3. The molecule has 2 saturated heterocycles. The Balaban J connectivity index is 1.44.